The zero-order valence-electron chi connectivity index (χ0n) is 14.1. The highest BCUT2D eigenvalue weighted by Gasteiger charge is 2.16. The molecule has 0 bridgehead atoms. The second kappa shape index (κ2) is 9.33. The van der Waals surface area contributed by atoms with E-state index >= 15 is 0 Å². The summed E-state index contributed by atoms with van der Waals surface area (Å²) in [4.78, 5) is 33.6. The summed E-state index contributed by atoms with van der Waals surface area (Å²) >= 11 is 0. The lowest BCUT2D eigenvalue weighted by Gasteiger charge is -2.05. The number of rotatable bonds is 9. The summed E-state index contributed by atoms with van der Waals surface area (Å²) in [5.74, 6) is -0.900. The van der Waals surface area contributed by atoms with Crippen LogP contribution in [0.25, 0.3) is 11.3 Å². The van der Waals surface area contributed by atoms with Crippen LogP contribution in [0.1, 0.15) is 17.0 Å². The zero-order valence-corrected chi connectivity index (χ0v) is 14.1. The molecule has 0 aliphatic rings. The number of carbonyl (C=O) groups is 2. The maximum absolute atomic E-state index is 11.9. The lowest BCUT2D eigenvalue weighted by Crippen LogP contribution is -2.30. The van der Waals surface area contributed by atoms with Crippen molar-refractivity contribution in [2.45, 2.75) is 6.42 Å². The van der Waals surface area contributed by atoms with Gasteiger partial charge in [-0.1, -0.05) is 0 Å². The summed E-state index contributed by atoms with van der Waals surface area (Å²) in [6.45, 7) is 0.534. The second-order valence-electron chi connectivity index (χ2n) is 5.24. The fraction of sp³-hybridized carbons (Fsp3) is 0.294. The Balaban J connectivity index is 1.87. The van der Waals surface area contributed by atoms with Gasteiger partial charge in [-0.3, -0.25) is 14.9 Å². The SMILES string of the molecule is COCCCNC(=O)COC(=O)c1ccc(-c2ccc([N+](=O)[O-])cc2)o1. The number of hydrogen-bond donors (Lipinski definition) is 1. The minimum atomic E-state index is -0.773. The van der Waals surface area contributed by atoms with Gasteiger partial charge in [0.05, 0.1) is 4.92 Å². The zero-order chi connectivity index (χ0) is 18.9. The molecule has 0 fully saturated rings. The first-order chi connectivity index (χ1) is 12.5. The fourth-order valence-corrected chi connectivity index (χ4v) is 2.05. The Bertz CT molecular complexity index is 768. The number of methoxy groups -OCH3 is 1. The van der Waals surface area contributed by atoms with E-state index in [0.29, 0.717) is 30.9 Å². The van der Waals surface area contributed by atoms with Crippen LogP contribution in [0.15, 0.2) is 40.8 Å². The molecule has 1 aromatic heterocycles. The molecule has 0 unspecified atom stereocenters. The molecule has 0 aliphatic heterocycles. The molecule has 9 nitrogen and oxygen atoms in total. The van der Waals surface area contributed by atoms with Crippen LogP contribution >= 0.6 is 0 Å². The number of nitrogens with one attached hydrogen (secondary N) is 1. The highest BCUT2D eigenvalue weighted by atomic mass is 16.6. The molecule has 0 saturated heterocycles. The third-order valence-corrected chi connectivity index (χ3v) is 3.35. The molecule has 2 rings (SSSR count). The summed E-state index contributed by atoms with van der Waals surface area (Å²) in [7, 11) is 1.57. The minimum Gasteiger partial charge on any atom is -0.450 e. The second-order valence-corrected chi connectivity index (χ2v) is 5.24. The van der Waals surface area contributed by atoms with Crippen LogP contribution < -0.4 is 5.32 Å². The van der Waals surface area contributed by atoms with Crippen molar-refractivity contribution in [3.63, 3.8) is 0 Å². The van der Waals surface area contributed by atoms with Gasteiger partial charge < -0.3 is 19.2 Å². The maximum atomic E-state index is 11.9. The fourth-order valence-electron chi connectivity index (χ4n) is 2.05. The van der Waals surface area contributed by atoms with Crippen molar-refractivity contribution in [2.75, 3.05) is 26.9 Å². The van der Waals surface area contributed by atoms with Gasteiger partial charge in [0.15, 0.2) is 6.61 Å². The predicted octanol–water partition coefficient (Wildman–Crippen LogP) is 2.16. The molecular formula is C17H18N2O7. The number of ether oxygens (including phenoxy) is 2. The topological polar surface area (TPSA) is 121 Å². The van der Waals surface area contributed by atoms with Gasteiger partial charge in [-0.05, 0) is 30.7 Å². The van der Waals surface area contributed by atoms with E-state index in [4.69, 9.17) is 13.9 Å². The van der Waals surface area contributed by atoms with Gasteiger partial charge in [0.25, 0.3) is 11.6 Å². The molecule has 1 N–H and O–H groups in total. The van der Waals surface area contributed by atoms with Gasteiger partial charge in [-0.2, -0.15) is 0 Å². The number of nitro groups is 1. The Morgan fingerprint density at radius 3 is 2.58 bits per heavy atom. The van der Waals surface area contributed by atoms with Gasteiger partial charge in [-0.15, -0.1) is 0 Å². The number of esters is 1. The van der Waals surface area contributed by atoms with Crippen molar-refractivity contribution in [3.8, 4) is 11.3 Å². The van der Waals surface area contributed by atoms with Crippen molar-refractivity contribution in [1.29, 1.82) is 0 Å². The number of nitrogens with zero attached hydrogens (tertiary/aromatic N) is 1. The summed E-state index contributed by atoms with van der Waals surface area (Å²) in [6, 6.07) is 8.66. The van der Waals surface area contributed by atoms with Crippen LogP contribution in [0.5, 0.6) is 0 Å². The molecule has 1 amide bonds. The molecule has 138 valence electrons. The average molecular weight is 362 g/mol. The number of non-ortho nitro benzene ring substituents is 1. The average Bonchev–Trinajstić information content (AvgIpc) is 3.13. The van der Waals surface area contributed by atoms with E-state index in [0.717, 1.165) is 0 Å². The Labute approximate surface area is 149 Å². The highest BCUT2D eigenvalue weighted by Crippen LogP contribution is 2.24. The molecule has 0 saturated carbocycles. The minimum absolute atomic E-state index is 0.0450. The number of furan rings is 1. The third kappa shape index (κ3) is 5.42. The van der Waals surface area contributed by atoms with Gasteiger partial charge in [0.2, 0.25) is 5.76 Å². The molecule has 1 aromatic carbocycles. The van der Waals surface area contributed by atoms with E-state index < -0.39 is 23.4 Å². The van der Waals surface area contributed by atoms with Crippen LogP contribution in [0.4, 0.5) is 5.69 Å². The quantitative estimate of drug-likeness (QED) is 0.314. The number of nitro benzene ring substituents is 1. The number of carbonyl (C=O) groups excluding carboxylic acids is 2. The van der Waals surface area contributed by atoms with E-state index in [1.165, 1.54) is 30.3 Å². The Morgan fingerprint density at radius 1 is 1.19 bits per heavy atom. The van der Waals surface area contributed by atoms with Crippen molar-refractivity contribution in [2.24, 2.45) is 0 Å². The first-order valence-electron chi connectivity index (χ1n) is 7.78. The maximum Gasteiger partial charge on any atom is 0.374 e. The molecule has 1 heterocycles. The summed E-state index contributed by atoms with van der Waals surface area (Å²) in [6.07, 6.45) is 0.660. The Kier molecular flexibility index (Phi) is 6.86. The normalized spacial score (nSPS) is 10.3. The van der Waals surface area contributed by atoms with Crippen molar-refractivity contribution >= 4 is 17.6 Å². The molecule has 9 heteroatoms. The van der Waals surface area contributed by atoms with Crippen molar-refractivity contribution in [1.82, 2.24) is 5.32 Å². The lowest BCUT2D eigenvalue weighted by molar-refractivity contribution is -0.384. The van der Waals surface area contributed by atoms with Crippen LogP contribution in [-0.2, 0) is 14.3 Å². The first kappa shape index (κ1) is 19.1. The summed E-state index contributed by atoms with van der Waals surface area (Å²) in [5.41, 5.74) is 0.530. The van der Waals surface area contributed by atoms with Crippen LogP contribution in [0.3, 0.4) is 0 Å². The van der Waals surface area contributed by atoms with E-state index in [2.05, 4.69) is 5.32 Å². The molecule has 0 atom stereocenters. The largest absolute Gasteiger partial charge is 0.450 e. The number of amides is 1. The monoisotopic (exact) mass is 362 g/mol. The third-order valence-electron chi connectivity index (χ3n) is 3.35. The first-order valence-corrected chi connectivity index (χ1v) is 7.78. The van der Waals surface area contributed by atoms with Gasteiger partial charge >= 0.3 is 5.97 Å². The Hall–Kier alpha value is -3.20. The van der Waals surface area contributed by atoms with Crippen molar-refractivity contribution < 1.29 is 28.4 Å². The van der Waals surface area contributed by atoms with E-state index in [-0.39, 0.29) is 11.4 Å². The molecule has 0 spiro atoms. The molecule has 2 aromatic rings. The number of benzene rings is 1. The standard InChI is InChI=1S/C17H18N2O7/c1-24-10-2-9-18-16(20)11-25-17(21)15-8-7-14(26-15)12-3-5-13(6-4-12)19(22)23/h3-8H,2,9-11H2,1H3,(H,18,20). The van der Waals surface area contributed by atoms with Crippen molar-refractivity contribution in [3.05, 3.63) is 52.3 Å². The van der Waals surface area contributed by atoms with E-state index in [1.54, 1.807) is 13.2 Å². The summed E-state index contributed by atoms with van der Waals surface area (Å²) in [5, 5.41) is 13.2. The van der Waals surface area contributed by atoms with Gasteiger partial charge in [-0.25, -0.2) is 4.79 Å². The van der Waals surface area contributed by atoms with Crippen LogP contribution in [0, 0.1) is 10.1 Å². The van der Waals surface area contributed by atoms with E-state index in [1.807, 2.05) is 0 Å². The molecular weight excluding hydrogens is 344 g/mol. The molecule has 0 radical (unpaired) electrons. The van der Waals surface area contributed by atoms with E-state index in [9.17, 15) is 19.7 Å². The van der Waals surface area contributed by atoms with Crippen LogP contribution in [0.2, 0.25) is 0 Å². The summed E-state index contributed by atoms with van der Waals surface area (Å²) < 4.78 is 15.1. The number of hydrogen-bond acceptors (Lipinski definition) is 7. The lowest BCUT2D eigenvalue weighted by atomic mass is 10.1. The Morgan fingerprint density at radius 2 is 1.92 bits per heavy atom. The smallest absolute Gasteiger partial charge is 0.374 e. The molecule has 0 aliphatic carbocycles. The van der Waals surface area contributed by atoms with Gasteiger partial charge in [0.1, 0.15) is 5.76 Å². The van der Waals surface area contributed by atoms with Crippen LogP contribution in [-0.4, -0.2) is 43.7 Å². The predicted molar refractivity (Wildman–Crippen MR) is 90.6 cm³/mol. The molecule has 26 heavy (non-hydrogen) atoms. The van der Waals surface area contributed by atoms with Gasteiger partial charge in [0, 0.05) is 38.0 Å². The highest BCUT2D eigenvalue weighted by molar-refractivity contribution is 5.89.